The summed E-state index contributed by atoms with van der Waals surface area (Å²) in [6.07, 6.45) is -0.690. The van der Waals surface area contributed by atoms with Crippen LogP contribution in [0.15, 0.2) is 48.5 Å². The van der Waals surface area contributed by atoms with E-state index in [1.54, 1.807) is 69.3 Å². The van der Waals surface area contributed by atoms with Gasteiger partial charge in [0.1, 0.15) is 12.1 Å². The smallest absolute Gasteiger partial charge is 0.408 e. The number of hydrogen-bond acceptors (Lipinski definition) is 5. The van der Waals surface area contributed by atoms with E-state index in [0.717, 1.165) is 0 Å². The Bertz CT molecular complexity index is 982. The Kier molecular flexibility index (Phi) is 7.73. The quantitative estimate of drug-likeness (QED) is 0.564. The number of alkyl carbamates (subject to hydrolysis) is 1. The third kappa shape index (κ3) is 8.57. The molecule has 2 aromatic rings. The van der Waals surface area contributed by atoms with E-state index in [1.165, 1.54) is 6.92 Å². The van der Waals surface area contributed by atoms with Crippen LogP contribution in [-0.2, 0) is 14.3 Å². The van der Waals surface area contributed by atoms with Crippen molar-refractivity contribution < 1.29 is 23.9 Å². The molecule has 0 bridgehead atoms. The highest BCUT2D eigenvalue weighted by Crippen LogP contribution is 2.17. The molecule has 2 rings (SSSR count). The maximum atomic E-state index is 12.5. The molecule has 2 aromatic carbocycles. The van der Waals surface area contributed by atoms with Crippen molar-refractivity contribution in [2.24, 2.45) is 0 Å². The van der Waals surface area contributed by atoms with Crippen molar-refractivity contribution in [1.29, 1.82) is 0 Å². The van der Waals surface area contributed by atoms with Crippen molar-refractivity contribution in [2.75, 3.05) is 22.5 Å². The van der Waals surface area contributed by atoms with Crippen LogP contribution < -0.4 is 21.3 Å². The Hall–Kier alpha value is -3.88. The Labute approximate surface area is 180 Å². The summed E-state index contributed by atoms with van der Waals surface area (Å²) in [5.74, 6) is -1.05. The zero-order valence-electron chi connectivity index (χ0n) is 17.9. The van der Waals surface area contributed by atoms with E-state index < -0.39 is 17.6 Å². The van der Waals surface area contributed by atoms with Crippen LogP contribution in [0, 0.1) is 0 Å². The van der Waals surface area contributed by atoms with Gasteiger partial charge in [0.25, 0.3) is 5.91 Å². The lowest BCUT2D eigenvalue weighted by Crippen LogP contribution is -2.37. The molecule has 0 saturated heterocycles. The number of rotatable bonds is 6. The van der Waals surface area contributed by atoms with Crippen LogP contribution in [0.25, 0.3) is 0 Å². The second-order valence-corrected chi connectivity index (χ2v) is 7.70. The van der Waals surface area contributed by atoms with Gasteiger partial charge < -0.3 is 26.0 Å². The minimum absolute atomic E-state index is 0.234. The van der Waals surface area contributed by atoms with Crippen molar-refractivity contribution in [3.63, 3.8) is 0 Å². The molecule has 0 aliphatic heterocycles. The minimum Gasteiger partial charge on any atom is -0.444 e. The van der Waals surface area contributed by atoms with Gasteiger partial charge in [0.15, 0.2) is 0 Å². The molecule has 4 amide bonds. The molecule has 0 atom stereocenters. The van der Waals surface area contributed by atoms with Gasteiger partial charge in [0.05, 0.1) is 0 Å². The summed E-state index contributed by atoms with van der Waals surface area (Å²) in [5.41, 5.74) is 1.13. The first-order valence-corrected chi connectivity index (χ1v) is 9.57. The summed E-state index contributed by atoms with van der Waals surface area (Å²) in [6, 6.07) is 13.1. The summed E-state index contributed by atoms with van der Waals surface area (Å²) in [7, 11) is 0. The third-order valence-electron chi connectivity index (χ3n) is 3.64. The zero-order chi connectivity index (χ0) is 23.0. The highest BCUT2D eigenvalue weighted by molar-refractivity contribution is 6.05. The van der Waals surface area contributed by atoms with Gasteiger partial charge in [-0.1, -0.05) is 12.1 Å². The molecule has 4 N–H and O–H groups in total. The molecular weight excluding hydrogens is 400 g/mol. The molecule has 9 heteroatoms. The highest BCUT2D eigenvalue weighted by atomic mass is 16.6. The first-order chi connectivity index (χ1) is 14.5. The number of carbonyl (C=O) groups excluding carboxylic acids is 4. The van der Waals surface area contributed by atoms with Crippen LogP contribution >= 0.6 is 0 Å². The maximum Gasteiger partial charge on any atom is 0.408 e. The fraction of sp³-hybridized carbons (Fsp3) is 0.273. The molecule has 0 saturated carbocycles. The number of benzene rings is 2. The van der Waals surface area contributed by atoms with Crippen LogP contribution in [0.3, 0.4) is 0 Å². The van der Waals surface area contributed by atoms with Crippen LogP contribution in [0.1, 0.15) is 38.1 Å². The first-order valence-electron chi connectivity index (χ1n) is 9.57. The third-order valence-corrected chi connectivity index (χ3v) is 3.64. The number of nitrogens with one attached hydrogen (secondary N) is 4. The summed E-state index contributed by atoms with van der Waals surface area (Å²) in [5, 5.41) is 10.4. The van der Waals surface area contributed by atoms with Crippen molar-refractivity contribution >= 4 is 40.9 Å². The highest BCUT2D eigenvalue weighted by Gasteiger charge is 2.16. The second kappa shape index (κ2) is 10.2. The predicted octanol–water partition coefficient (Wildman–Crippen LogP) is 3.36. The lowest BCUT2D eigenvalue weighted by atomic mass is 10.1. The van der Waals surface area contributed by atoms with E-state index in [4.69, 9.17) is 4.74 Å². The second-order valence-electron chi connectivity index (χ2n) is 7.70. The minimum atomic E-state index is -0.690. The van der Waals surface area contributed by atoms with Crippen molar-refractivity contribution in [2.45, 2.75) is 33.3 Å². The largest absolute Gasteiger partial charge is 0.444 e. The molecule has 0 aliphatic rings. The van der Waals surface area contributed by atoms with Crippen LogP contribution in [0.2, 0.25) is 0 Å². The Morgan fingerprint density at radius 3 is 2.03 bits per heavy atom. The summed E-state index contributed by atoms with van der Waals surface area (Å²) < 4.78 is 5.07. The number of carbonyl (C=O) groups is 4. The van der Waals surface area contributed by atoms with Crippen LogP contribution in [0.5, 0.6) is 0 Å². The predicted molar refractivity (Wildman–Crippen MR) is 118 cm³/mol. The van der Waals surface area contributed by atoms with E-state index in [-0.39, 0.29) is 18.4 Å². The van der Waals surface area contributed by atoms with Crippen molar-refractivity contribution in [3.8, 4) is 0 Å². The van der Waals surface area contributed by atoms with Crippen molar-refractivity contribution in [3.05, 3.63) is 54.1 Å². The number of hydrogen-bond donors (Lipinski definition) is 4. The van der Waals surface area contributed by atoms with E-state index in [9.17, 15) is 19.2 Å². The van der Waals surface area contributed by atoms with Crippen LogP contribution in [-0.4, -0.2) is 36.0 Å². The first kappa shape index (κ1) is 23.4. The summed E-state index contributed by atoms with van der Waals surface area (Å²) >= 11 is 0. The lowest BCUT2D eigenvalue weighted by molar-refractivity contribution is -0.115. The van der Waals surface area contributed by atoms with E-state index in [1.807, 2.05) is 0 Å². The average molecular weight is 426 g/mol. The average Bonchev–Trinajstić information content (AvgIpc) is 2.65. The normalized spacial score (nSPS) is 10.6. The monoisotopic (exact) mass is 426 g/mol. The topological polar surface area (TPSA) is 126 Å². The molecule has 0 heterocycles. The Morgan fingerprint density at radius 1 is 0.839 bits per heavy atom. The standard InChI is InChI=1S/C22H26N4O5/c1-14(27)24-16-8-5-7-15(11-16)20(29)26-18-10-6-9-17(12-18)25-19(28)13-23-21(30)31-22(2,3)4/h5-12H,13H2,1-4H3,(H,23,30)(H,24,27)(H,25,28)(H,26,29). The molecule has 0 radical (unpaired) electrons. The molecule has 0 aliphatic carbocycles. The molecule has 9 nitrogen and oxygen atoms in total. The molecule has 0 aromatic heterocycles. The van der Waals surface area contributed by atoms with Gasteiger partial charge in [-0.3, -0.25) is 14.4 Å². The van der Waals surface area contributed by atoms with E-state index in [0.29, 0.717) is 22.6 Å². The lowest BCUT2D eigenvalue weighted by Gasteiger charge is -2.19. The molecule has 0 spiro atoms. The van der Waals surface area contributed by atoms with E-state index >= 15 is 0 Å². The van der Waals surface area contributed by atoms with Crippen molar-refractivity contribution in [1.82, 2.24) is 5.32 Å². The van der Waals surface area contributed by atoms with Gasteiger partial charge in [-0.2, -0.15) is 0 Å². The van der Waals surface area contributed by atoms with Gasteiger partial charge in [-0.15, -0.1) is 0 Å². The molecular formula is C22H26N4O5. The SMILES string of the molecule is CC(=O)Nc1cccc(C(=O)Nc2cccc(NC(=O)CNC(=O)OC(C)(C)C)c2)c1. The maximum absolute atomic E-state index is 12.5. The Morgan fingerprint density at radius 2 is 1.42 bits per heavy atom. The molecule has 0 fully saturated rings. The number of ether oxygens (including phenoxy) is 1. The molecule has 164 valence electrons. The van der Waals surface area contributed by atoms with Gasteiger partial charge in [0.2, 0.25) is 11.8 Å². The zero-order valence-corrected chi connectivity index (χ0v) is 17.9. The van der Waals surface area contributed by atoms with Gasteiger partial charge in [0, 0.05) is 29.5 Å². The fourth-order valence-corrected chi connectivity index (χ4v) is 2.49. The Balaban J connectivity index is 1.94. The van der Waals surface area contributed by atoms with Gasteiger partial charge in [-0.05, 0) is 57.2 Å². The number of amides is 4. The van der Waals surface area contributed by atoms with Crippen LogP contribution in [0.4, 0.5) is 21.9 Å². The van der Waals surface area contributed by atoms with Gasteiger partial charge in [-0.25, -0.2) is 4.79 Å². The fourth-order valence-electron chi connectivity index (χ4n) is 2.49. The molecule has 0 unspecified atom stereocenters. The van der Waals surface area contributed by atoms with Gasteiger partial charge >= 0.3 is 6.09 Å². The summed E-state index contributed by atoms with van der Waals surface area (Å²) in [6.45, 7) is 6.30. The number of anilines is 3. The summed E-state index contributed by atoms with van der Waals surface area (Å²) in [4.78, 5) is 47.4. The van der Waals surface area contributed by atoms with E-state index in [2.05, 4.69) is 21.3 Å². The molecule has 31 heavy (non-hydrogen) atoms.